The molecule has 6 nitrogen and oxygen atoms in total. The van der Waals surface area contributed by atoms with Gasteiger partial charge in [-0.25, -0.2) is 0 Å². The highest BCUT2D eigenvalue weighted by Gasteiger charge is 2.42. The van der Waals surface area contributed by atoms with Gasteiger partial charge in [0.05, 0.1) is 18.2 Å². The Kier molecular flexibility index (Phi) is 6.31. The van der Waals surface area contributed by atoms with Crippen LogP contribution in [-0.4, -0.2) is 42.3 Å². The number of benzene rings is 3. The van der Waals surface area contributed by atoms with Crippen molar-refractivity contribution in [2.45, 2.75) is 18.9 Å². The van der Waals surface area contributed by atoms with Gasteiger partial charge in [0.25, 0.3) is 11.8 Å². The molecule has 32 heavy (non-hydrogen) atoms. The molecule has 3 amide bonds. The van der Waals surface area contributed by atoms with E-state index in [2.05, 4.69) is 5.32 Å². The molecule has 3 aromatic rings. The van der Waals surface area contributed by atoms with Crippen LogP contribution in [0.3, 0.4) is 0 Å². The Morgan fingerprint density at radius 3 is 2.03 bits per heavy atom. The van der Waals surface area contributed by atoms with Crippen molar-refractivity contribution >= 4 is 17.7 Å². The highest BCUT2D eigenvalue weighted by molar-refractivity contribution is 6.22. The average Bonchev–Trinajstić information content (AvgIpc) is 3.08. The molecule has 1 heterocycles. The summed E-state index contributed by atoms with van der Waals surface area (Å²) >= 11 is 0. The number of amides is 3. The molecular formula is C26H24N2O4. The summed E-state index contributed by atoms with van der Waals surface area (Å²) in [6, 6.07) is 22.8. The Bertz CT molecular complexity index is 1090. The van der Waals surface area contributed by atoms with Gasteiger partial charge in [0.1, 0.15) is 11.8 Å². The fourth-order valence-corrected chi connectivity index (χ4v) is 3.87. The molecule has 0 radical (unpaired) electrons. The number of fused-ring (bicyclic) bond motifs is 1. The van der Waals surface area contributed by atoms with Gasteiger partial charge in [0, 0.05) is 13.0 Å². The third kappa shape index (κ3) is 4.39. The smallest absolute Gasteiger partial charge is 0.262 e. The minimum absolute atomic E-state index is 0.251. The molecule has 1 aliphatic heterocycles. The van der Waals surface area contributed by atoms with Crippen molar-refractivity contribution in [1.82, 2.24) is 10.2 Å². The van der Waals surface area contributed by atoms with Gasteiger partial charge in [-0.2, -0.15) is 0 Å². The number of rotatable bonds is 8. The van der Waals surface area contributed by atoms with E-state index in [1.807, 2.05) is 54.6 Å². The van der Waals surface area contributed by atoms with E-state index in [-0.39, 0.29) is 12.3 Å². The summed E-state index contributed by atoms with van der Waals surface area (Å²) in [6.45, 7) is 0.389. The second-order valence-corrected chi connectivity index (χ2v) is 7.62. The van der Waals surface area contributed by atoms with Crippen LogP contribution in [0, 0.1) is 0 Å². The van der Waals surface area contributed by atoms with Crippen molar-refractivity contribution in [3.8, 4) is 5.75 Å². The molecule has 1 aliphatic rings. The molecule has 0 spiro atoms. The van der Waals surface area contributed by atoms with Gasteiger partial charge in [-0.3, -0.25) is 19.3 Å². The standard InChI is InChI=1S/C26H24N2O4/c1-32-20-13-11-18(12-14-20)15-16-27-24(29)23(17-19-7-3-2-4-8-19)28-25(30)21-9-5-6-10-22(21)26(28)31/h2-14,23H,15-17H2,1H3,(H,27,29)/t23-/m1/s1. The number of nitrogens with zero attached hydrogens (tertiary/aromatic N) is 1. The van der Waals surface area contributed by atoms with Gasteiger partial charge < -0.3 is 10.1 Å². The fourth-order valence-electron chi connectivity index (χ4n) is 3.87. The van der Waals surface area contributed by atoms with Crippen LogP contribution in [-0.2, 0) is 17.6 Å². The van der Waals surface area contributed by atoms with E-state index in [0.29, 0.717) is 24.1 Å². The Morgan fingerprint density at radius 2 is 1.44 bits per heavy atom. The Morgan fingerprint density at radius 1 is 0.844 bits per heavy atom. The van der Waals surface area contributed by atoms with Crippen molar-refractivity contribution < 1.29 is 19.1 Å². The molecule has 1 atom stereocenters. The predicted octanol–water partition coefficient (Wildman–Crippen LogP) is 3.26. The predicted molar refractivity (Wildman–Crippen MR) is 121 cm³/mol. The van der Waals surface area contributed by atoms with E-state index in [4.69, 9.17) is 4.74 Å². The van der Waals surface area contributed by atoms with Gasteiger partial charge >= 0.3 is 0 Å². The zero-order valence-electron chi connectivity index (χ0n) is 17.8. The van der Waals surface area contributed by atoms with Crippen LogP contribution in [0.2, 0.25) is 0 Å². The van der Waals surface area contributed by atoms with Crippen LogP contribution in [0.4, 0.5) is 0 Å². The first kappa shape index (κ1) is 21.3. The third-order valence-corrected chi connectivity index (χ3v) is 5.58. The quantitative estimate of drug-likeness (QED) is 0.559. The van der Waals surface area contributed by atoms with Gasteiger partial charge in [0.2, 0.25) is 5.91 Å². The lowest BCUT2D eigenvalue weighted by molar-refractivity contribution is -0.125. The summed E-state index contributed by atoms with van der Waals surface area (Å²) in [5.41, 5.74) is 2.59. The third-order valence-electron chi connectivity index (χ3n) is 5.58. The lowest BCUT2D eigenvalue weighted by Gasteiger charge is -2.25. The molecule has 162 valence electrons. The van der Waals surface area contributed by atoms with Crippen molar-refractivity contribution in [2.75, 3.05) is 13.7 Å². The van der Waals surface area contributed by atoms with Crippen LogP contribution in [0.15, 0.2) is 78.9 Å². The van der Waals surface area contributed by atoms with Gasteiger partial charge in [-0.15, -0.1) is 0 Å². The number of carbonyl (C=O) groups is 3. The first-order valence-electron chi connectivity index (χ1n) is 10.5. The molecule has 6 heteroatoms. The summed E-state index contributed by atoms with van der Waals surface area (Å²) in [4.78, 5) is 40.3. The zero-order valence-corrected chi connectivity index (χ0v) is 17.8. The lowest BCUT2D eigenvalue weighted by Crippen LogP contribution is -2.51. The minimum atomic E-state index is -0.930. The van der Waals surface area contributed by atoms with E-state index in [1.54, 1.807) is 31.4 Å². The molecule has 3 aromatic carbocycles. The molecule has 0 saturated heterocycles. The lowest BCUT2D eigenvalue weighted by atomic mass is 10.0. The van der Waals surface area contributed by atoms with E-state index < -0.39 is 17.9 Å². The first-order valence-corrected chi connectivity index (χ1v) is 10.5. The number of hydrogen-bond acceptors (Lipinski definition) is 4. The molecule has 0 aromatic heterocycles. The number of methoxy groups -OCH3 is 1. The summed E-state index contributed by atoms with van der Waals surface area (Å²) in [7, 11) is 1.61. The van der Waals surface area contributed by atoms with Crippen molar-refractivity contribution in [3.63, 3.8) is 0 Å². The maximum absolute atomic E-state index is 13.2. The first-order chi connectivity index (χ1) is 15.6. The van der Waals surface area contributed by atoms with E-state index >= 15 is 0 Å². The van der Waals surface area contributed by atoms with Crippen LogP contribution >= 0.6 is 0 Å². The van der Waals surface area contributed by atoms with Crippen LogP contribution < -0.4 is 10.1 Å². The summed E-state index contributed by atoms with van der Waals surface area (Å²) in [5, 5.41) is 2.91. The average molecular weight is 428 g/mol. The van der Waals surface area contributed by atoms with Crippen LogP contribution in [0.25, 0.3) is 0 Å². The molecule has 4 rings (SSSR count). The van der Waals surface area contributed by atoms with E-state index in [9.17, 15) is 14.4 Å². The number of imide groups is 1. The van der Waals surface area contributed by atoms with Crippen LogP contribution in [0.1, 0.15) is 31.8 Å². The zero-order chi connectivity index (χ0) is 22.5. The molecular weight excluding hydrogens is 404 g/mol. The fraction of sp³-hybridized carbons (Fsp3) is 0.192. The molecule has 0 aliphatic carbocycles. The Labute approximate surface area is 186 Å². The van der Waals surface area contributed by atoms with Crippen molar-refractivity contribution in [3.05, 3.63) is 101 Å². The maximum Gasteiger partial charge on any atom is 0.262 e. The van der Waals surface area contributed by atoms with Crippen molar-refractivity contribution in [1.29, 1.82) is 0 Å². The van der Waals surface area contributed by atoms with E-state index in [0.717, 1.165) is 21.8 Å². The highest BCUT2D eigenvalue weighted by Crippen LogP contribution is 2.26. The van der Waals surface area contributed by atoms with E-state index in [1.165, 1.54) is 0 Å². The highest BCUT2D eigenvalue weighted by atomic mass is 16.5. The molecule has 1 N–H and O–H groups in total. The number of nitrogens with one attached hydrogen (secondary N) is 1. The number of ether oxygens (including phenoxy) is 1. The minimum Gasteiger partial charge on any atom is -0.497 e. The normalized spacial score (nSPS) is 13.6. The van der Waals surface area contributed by atoms with Gasteiger partial charge in [-0.05, 0) is 41.8 Å². The van der Waals surface area contributed by atoms with Gasteiger partial charge in [-0.1, -0.05) is 54.6 Å². The Hall–Kier alpha value is -3.93. The maximum atomic E-state index is 13.2. The largest absolute Gasteiger partial charge is 0.497 e. The molecule has 0 saturated carbocycles. The van der Waals surface area contributed by atoms with Crippen molar-refractivity contribution in [2.24, 2.45) is 0 Å². The summed E-state index contributed by atoms with van der Waals surface area (Å²) in [6.07, 6.45) is 0.872. The van der Waals surface area contributed by atoms with Gasteiger partial charge in [0.15, 0.2) is 0 Å². The topological polar surface area (TPSA) is 75.7 Å². The second-order valence-electron chi connectivity index (χ2n) is 7.62. The summed E-state index contributed by atoms with van der Waals surface area (Å²) in [5.74, 6) is -0.447. The number of carbonyl (C=O) groups excluding carboxylic acids is 3. The SMILES string of the molecule is COc1ccc(CCNC(=O)[C@@H](Cc2ccccc2)N2C(=O)c3ccccc3C2=O)cc1. The molecule has 0 fully saturated rings. The number of hydrogen-bond donors (Lipinski definition) is 1. The Balaban J connectivity index is 1.51. The van der Waals surface area contributed by atoms with Crippen LogP contribution in [0.5, 0.6) is 5.75 Å². The molecule has 0 unspecified atom stereocenters. The summed E-state index contributed by atoms with van der Waals surface area (Å²) < 4.78 is 5.16. The molecule has 0 bridgehead atoms. The monoisotopic (exact) mass is 428 g/mol. The second kappa shape index (κ2) is 9.47.